The van der Waals surface area contributed by atoms with E-state index in [9.17, 15) is 4.79 Å². The number of carbonyl (C=O) groups is 1. The van der Waals surface area contributed by atoms with Crippen molar-refractivity contribution in [2.24, 2.45) is 0 Å². The monoisotopic (exact) mass is 352 g/mol. The Morgan fingerprint density at radius 2 is 2.06 bits per heavy atom. The van der Waals surface area contributed by atoms with Crippen molar-refractivity contribution in [2.45, 2.75) is 31.3 Å². The summed E-state index contributed by atoms with van der Waals surface area (Å²) in [5, 5.41) is 9.82. The average Bonchev–Trinajstić information content (AvgIpc) is 2.22. The molecule has 1 aliphatic carbocycles. The van der Waals surface area contributed by atoms with Crippen LogP contribution in [-0.4, -0.2) is 16.7 Å². The molecule has 1 aliphatic rings. The quantitative estimate of drug-likeness (QED) is 0.808. The van der Waals surface area contributed by atoms with Gasteiger partial charge in [-0.25, -0.2) is 0 Å². The van der Waals surface area contributed by atoms with Crippen LogP contribution in [0.1, 0.15) is 25.7 Å². The number of ether oxygens (including phenoxy) is 1. The zero-order chi connectivity index (χ0) is 13.3. The molecule has 1 aromatic carbocycles. The highest BCUT2D eigenvalue weighted by atomic mass is 79.9. The highest BCUT2D eigenvalue weighted by Gasteiger charge is 2.42. The fraction of sp³-hybridized carbons (Fsp3) is 0.417. The van der Waals surface area contributed by atoms with Gasteiger partial charge in [-0.15, -0.1) is 0 Å². The lowest BCUT2D eigenvalue weighted by molar-refractivity contribution is -0.144. The fourth-order valence-electron chi connectivity index (χ4n) is 1.98. The Bertz CT molecular complexity index is 486. The van der Waals surface area contributed by atoms with Crippen LogP contribution in [0.2, 0.25) is 10.0 Å². The molecule has 1 saturated carbocycles. The maximum absolute atomic E-state index is 10.9. The van der Waals surface area contributed by atoms with Crippen molar-refractivity contribution in [3.8, 4) is 5.75 Å². The molecule has 0 aromatic heterocycles. The summed E-state index contributed by atoms with van der Waals surface area (Å²) in [7, 11) is 0. The third kappa shape index (κ3) is 2.92. The van der Waals surface area contributed by atoms with Gasteiger partial charge in [0.2, 0.25) is 0 Å². The average molecular weight is 354 g/mol. The number of halogens is 3. The van der Waals surface area contributed by atoms with Gasteiger partial charge in [0.15, 0.2) is 0 Å². The van der Waals surface area contributed by atoms with Crippen LogP contribution in [0, 0.1) is 0 Å². The van der Waals surface area contributed by atoms with E-state index < -0.39 is 11.6 Å². The van der Waals surface area contributed by atoms with E-state index in [2.05, 4.69) is 15.9 Å². The summed E-state index contributed by atoms with van der Waals surface area (Å²) in [4.78, 5) is 10.9. The summed E-state index contributed by atoms with van der Waals surface area (Å²) in [6, 6.07) is 3.25. The minimum Gasteiger partial charge on any atom is -0.485 e. The third-order valence-corrected chi connectivity index (χ3v) is 4.53. The summed E-state index contributed by atoms with van der Waals surface area (Å²) in [5.41, 5.74) is -0.632. The zero-order valence-electron chi connectivity index (χ0n) is 9.38. The van der Waals surface area contributed by atoms with Gasteiger partial charge in [-0.2, -0.15) is 0 Å². The molecular formula is C12H11BrCl2O3. The van der Waals surface area contributed by atoms with Crippen LogP contribution >= 0.6 is 39.1 Å². The minimum absolute atomic E-state index is 0.0169. The Hall–Kier alpha value is -0.450. The summed E-state index contributed by atoms with van der Waals surface area (Å²) in [5.74, 6) is -0.431. The Balaban J connectivity index is 2.22. The van der Waals surface area contributed by atoms with Crippen LogP contribution in [0.5, 0.6) is 5.75 Å². The second-order valence-corrected chi connectivity index (χ2v) is 6.07. The van der Waals surface area contributed by atoms with E-state index in [4.69, 9.17) is 33.0 Å². The molecule has 0 unspecified atom stereocenters. The van der Waals surface area contributed by atoms with Gasteiger partial charge in [0, 0.05) is 10.5 Å². The molecule has 1 N–H and O–H groups in total. The minimum atomic E-state index is -0.867. The fourth-order valence-corrected chi connectivity index (χ4v) is 2.81. The molecule has 3 nitrogen and oxygen atoms in total. The molecule has 0 aliphatic heterocycles. The number of hydrogen-bond acceptors (Lipinski definition) is 2. The lowest BCUT2D eigenvalue weighted by Crippen LogP contribution is -2.45. The maximum atomic E-state index is 10.9. The first-order valence-electron chi connectivity index (χ1n) is 5.47. The van der Waals surface area contributed by atoms with E-state index >= 15 is 0 Å². The van der Waals surface area contributed by atoms with Gasteiger partial charge in [0.05, 0.1) is 16.5 Å². The molecule has 0 atom stereocenters. The van der Waals surface area contributed by atoms with Gasteiger partial charge in [0.1, 0.15) is 11.4 Å². The lowest BCUT2D eigenvalue weighted by atomic mass is 9.77. The Kier molecular flexibility index (Phi) is 4.09. The van der Waals surface area contributed by atoms with Crippen molar-refractivity contribution < 1.29 is 14.6 Å². The van der Waals surface area contributed by atoms with Crippen molar-refractivity contribution in [1.29, 1.82) is 0 Å². The SMILES string of the molecule is O=C(O)CC1(Oc2cc(Cl)c(Br)cc2Cl)CCC1. The second kappa shape index (κ2) is 5.27. The van der Waals surface area contributed by atoms with Crippen molar-refractivity contribution >= 4 is 45.1 Å². The van der Waals surface area contributed by atoms with Crippen molar-refractivity contribution in [3.63, 3.8) is 0 Å². The van der Waals surface area contributed by atoms with E-state index in [1.807, 2.05) is 0 Å². The number of hydrogen-bond donors (Lipinski definition) is 1. The molecule has 0 heterocycles. The van der Waals surface area contributed by atoms with E-state index in [1.165, 1.54) is 0 Å². The smallest absolute Gasteiger partial charge is 0.307 e. The first kappa shape index (κ1) is 14.0. The lowest BCUT2D eigenvalue weighted by Gasteiger charge is -2.41. The van der Waals surface area contributed by atoms with Crippen LogP contribution in [0.4, 0.5) is 0 Å². The third-order valence-electron chi connectivity index (χ3n) is 3.04. The van der Waals surface area contributed by atoms with E-state index in [-0.39, 0.29) is 6.42 Å². The summed E-state index contributed by atoms with van der Waals surface area (Å²) in [6.45, 7) is 0. The Labute approximate surface area is 123 Å². The van der Waals surface area contributed by atoms with Crippen LogP contribution in [0.3, 0.4) is 0 Å². The van der Waals surface area contributed by atoms with Gasteiger partial charge >= 0.3 is 5.97 Å². The van der Waals surface area contributed by atoms with Crippen LogP contribution < -0.4 is 4.74 Å². The van der Waals surface area contributed by atoms with Gasteiger partial charge in [-0.05, 0) is 41.3 Å². The number of aliphatic carboxylic acids is 1. The van der Waals surface area contributed by atoms with Gasteiger partial charge < -0.3 is 9.84 Å². The molecule has 0 saturated heterocycles. The predicted molar refractivity (Wildman–Crippen MR) is 73.6 cm³/mol. The van der Waals surface area contributed by atoms with Gasteiger partial charge in [-0.3, -0.25) is 4.79 Å². The van der Waals surface area contributed by atoms with Gasteiger partial charge in [-0.1, -0.05) is 23.2 Å². The molecule has 0 radical (unpaired) electrons. The molecule has 1 fully saturated rings. The van der Waals surface area contributed by atoms with Crippen LogP contribution in [0.25, 0.3) is 0 Å². The van der Waals surface area contributed by atoms with E-state index in [0.717, 1.165) is 19.3 Å². The predicted octanol–water partition coefficient (Wildman–Crippen LogP) is 4.53. The van der Waals surface area contributed by atoms with Crippen molar-refractivity contribution in [1.82, 2.24) is 0 Å². The van der Waals surface area contributed by atoms with E-state index in [0.29, 0.717) is 20.3 Å². The van der Waals surface area contributed by atoms with E-state index in [1.54, 1.807) is 12.1 Å². The normalized spacial score (nSPS) is 17.1. The summed E-state index contributed by atoms with van der Waals surface area (Å²) < 4.78 is 6.48. The molecule has 0 spiro atoms. The molecule has 0 amide bonds. The zero-order valence-corrected chi connectivity index (χ0v) is 12.5. The maximum Gasteiger partial charge on any atom is 0.307 e. The first-order valence-corrected chi connectivity index (χ1v) is 7.02. The molecule has 6 heteroatoms. The molecule has 98 valence electrons. The largest absolute Gasteiger partial charge is 0.485 e. The van der Waals surface area contributed by atoms with Crippen molar-refractivity contribution in [3.05, 3.63) is 26.7 Å². The highest BCUT2D eigenvalue weighted by Crippen LogP contribution is 2.43. The Morgan fingerprint density at radius 1 is 1.39 bits per heavy atom. The van der Waals surface area contributed by atoms with Gasteiger partial charge in [0.25, 0.3) is 0 Å². The number of benzene rings is 1. The Morgan fingerprint density at radius 3 is 2.56 bits per heavy atom. The second-order valence-electron chi connectivity index (χ2n) is 4.41. The molecule has 1 aromatic rings. The summed E-state index contributed by atoms with van der Waals surface area (Å²) in [6.07, 6.45) is 2.40. The first-order chi connectivity index (χ1) is 8.42. The van der Waals surface area contributed by atoms with Crippen molar-refractivity contribution in [2.75, 3.05) is 0 Å². The summed E-state index contributed by atoms with van der Waals surface area (Å²) >= 11 is 15.3. The molecular weight excluding hydrogens is 343 g/mol. The van der Waals surface area contributed by atoms with Crippen LogP contribution in [0.15, 0.2) is 16.6 Å². The molecule has 18 heavy (non-hydrogen) atoms. The number of carboxylic acid groups (broad SMARTS) is 1. The topological polar surface area (TPSA) is 46.5 Å². The van der Waals surface area contributed by atoms with Crippen LogP contribution in [-0.2, 0) is 4.79 Å². The highest BCUT2D eigenvalue weighted by molar-refractivity contribution is 9.10. The standard InChI is InChI=1S/C12H11BrCl2O3/c13-7-4-9(15)10(5-8(7)14)18-12(2-1-3-12)6-11(16)17/h4-5H,1-3,6H2,(H,16,17). The molecule has 2 rings (SSSR count). The number of carboxylic acids is 1. The number of rotatable bonds is 4. The molecule has 0 bridgehead atoms.